The lowest BCUT2D eigenvalue weighted by Crippen LogP contribution is -2.40. The number of halogens is 2. The molecule has 0 saturated carbocycles. The van der Waals surface area contributed by atoms with Crippen LogP contribution in [0.4, 0.5) is 0 Å². The first kappa shape index (κ1) is 21.7. The maximum atomic E-state index is 12.9. The van der Waals surface area contributed by atoms with Crippen LogP contribution < -0.4 is 5.32 Å². The SMILES string of the molecule is C[C@H](NC(=O)C1CCN(Cc2ccc(Cl)c(Cl)c2)CC1)c1ccc2c(c1)CCCC2. The fraction of sp³-hybridized carbons (Fsp3) is 0.480. The number of likely N-dealkylation sites (tertiary alicyclic amines) is 1. The van der Waals surface area contributed by atoms with Crippen molar-refractivity contribution in [2.24, 2.45) is 5.92 Å². The highest BCUT2D eigenvalue weighted by Gasteiger charge is 2.26. The summed E-state index contributed by atoms with van der Waals surface area (Å²) in [6.45, 7) is 4.79. The highest BCUT2D eigenvalue weighted by molar-refractivity contribution is 6.42. The van der Waals surface area contributed by atoms with E-state index < -0.39 is 0 Å². The number of carbonyl (C=O) groups excluding carboxylic acids is 1. The molecule has 0 unspecified atom stereocenters. The molecule has 0 radical (unpaired) electrons. The fourth-order valence-corrected chi connectivity index (χ4v) is 5.01. The van der Waals surface area contributed by atoms with Crippen molar-refractivity contribution in [2.45, 2.75) is 58.0 Å². The Kier molecular flexibility index (Phi) is 7.02. The van der Waals surface area contributed by atoms with Crippen molar-refractivity contribution in [3.05, 3.63) is 68.7 Å². The van der Waals surface area contributed by atoms with Crippen LogP contribution in [0.1, 0.15) is 60.9 Å². The minimum Gasteiger partial charge on any atom is -0.349 e. The van der Waals surface area contributed by atoms with Crippen molar-refractivity contribution in [3.63, 3.8) is 0 Å². The minimum absolute atomic E-state index is 0.0546. The second-order valence-corrected chi connectivity index (χ2v) is 9.58. The molecule has 2 aliphatic rings. The standard InChI is InChI=1S/C25H30Cl2N2O/c1-17(21-8-7-19-4-2-3-5-22(19)15-21)28-25(30)20-10-12-29(13-11-20)16-18-6-9-23(26)24(27)14-18/h6-9,14-15,17,20H,2-5,10-13,16H2,1H3,(H,28,30)/t17-/m0/s1. The summed E-state index contributed by atoms with van der Waals surface area (Å²) in [7, 11) is 0. The third kappa shape index (κ3) is 5.19. The van der Waals surface area contributed by atoms with E-state index in [-0.39, 0.29) is 17.9 Å². The van der Waals surface area contributed by atoms with Gasteiger partial charge in [0.1, 0.15) is 0 Å². The van der Waals surface area contributed by atoms with Gasteiger partial charge in [0.15, 0.2) is 0 Å². The molecule has 1 saturated heterocycles. The minimum atomic E-state index is 0.0546. The summed E-state index contributed by atoms with van der Waals surface area (Å²) < 4.78 is 0. The van der Waals surface area contributed by atoms with Crippen molar-refractivity contribution in [2.75, 3.05) is 13.1 Å². The molecule has 1 N–H and O–H groups in total. The van der Waals surface area contributed by atoms with E-state index in [0.29, 0.717) is 10.0 Å². The van der Waals surface area contributed by atoms with Crippen LogP contribution in [-0.4, -0.2) is 23.9 Å². The molecular weight excluding hydrogens is 415 g/mol. The molecule has 2 aromatic rings. The van der Waals surface area contributed by atoms with Crippen LogP contribution in [0.3, 0.4) is 0 Å². The van der Waals surface area contributed by atoms with Gasteiger partial charge < -0.3 is 5.32 Å². The normalized spacial score (nSPS) is 18.6. The van der Waals surface area contributed by atoms with Gasteiger partial charge in [0.2, 0.25) is 5.91 Å². The summed E-state index contributed by atoms with van der Waals surface area (Å²) in [4.78, 5) is 15.2. The average Bonchev–Trinajstić information content (AvgIpc) is 2.76. The van der Waals surface area contributed by atoms with E-state index in [2.05, 4.69) is 35.3 Å². The molecule has 0 bridgehead atoms. The van der Waals surface area contributed by atoms with Crippen LogP contribution >= 0.6 is 23.2 Å². The van der Waals surface area contributed by atoms with Crippen molar-refractivity contribution in [1.29, 1.82) is 0 Å². The van der Waals surface area contributed by atoms with Gasteiger partial charge in [-0.2, -0.15) is 0 Å². The summed E-state index contributed by atoms with van der Waals surface area (Å²) in [6.07, 6.45) is 6.72. The van der Waals surface area contributed by atoms with Gasteiger partial charge in [-0.05, 0) is 92.9 Å². The first-order valence-corrected chi connectivity index (χ1v) is 11.8. The molecular formula is C25H30Cl2N2O. The van der Waals surface area contributed by atoms with Gasteiger partial charge >= 0.3 is 0 Å². The van der Waals surface area contributed by atoms with Gasteiger partial charge in [-0.1, -0.05) is 47.5 Å². The number of rotatable bonds is 5. The van der Waals surface area contributed by atoms with Crippen LogP contribution in [0.5, 0.6) is 0 Å². The van der Waals surface area contributed by atoms with E-state index in [0.717, 1.165) is 38.0 Å². The Morgan fingerprint density at radius 3 is 2.50 bits per heavy atom. The molecule has 1 amide bonds. The molecule has 1 aliphatic heterocycles. The number of benzene rings is 2. The molecule has 5 heteroatoms. The van der Waals surface area contributed by atoms with Crippen molar-refractivity contribution >= 4 is 29.1 Å². The number of hydrogen-bond donors (Lipinski definition) is 1. The Labute approximate surface area is 189 Å². The summed E-state index contributed by atoms with van der Waals surface area (Å²) >= 11 is 12.1. The maximum absolute atomic E-state index is 12.9. The van der Waals surface area contributed by atoms with Gasteiger partial charge in [-0.15, -0.1) is 0 Å². The zero-order chi connectivity index (χ0) is 21.1. The third-order valence-electron chi connectivity index (χ3n) is 6.58. The fourth-order valence-electron chi connectivity index (χ4n) is 4.69. The Hall–Kier alpha value is -1.55. The Bertz CT molecular complexity index is 906. The second kappa shape index (κ2) is 9.72. The van der Waals surface area contributed by atoms with Gasteiger partial charge in [0.25, 0.3) is 0 Å². The lowest BCUT2D eigenvalue weighted by Gasteiger charge is -2.32. The molecule has 0 aromatic heterocycles. The van der Waals surface area contributed by atoms with Crippen LogP contribution in [0.2, 0.25) is 10.0 Å². The van der Waals surface area contributed by atoms with E-state index in [4.69, 9.17) is 23.2 Å². The first-order chi connectivity index (χ1) is 14.5. The monoisotopic (exact) mass is 444 g/mol. The van der Waals surface area contributed by atoms with Gasteiger partial charge in [-0.3, -0.25) is 9.69 Å². The molecule has 4 rings (SSSR count). The molecule has 1 fully saturated rings. The van der Waals surface area contributed by atoms with E-state index in [9.17, 15) is 4.79 Å². The predicted octanol–water partition coefficient (Wildman–Crippen LogP) is 5.96. The van der Waals surface area contributed by atoms with E-state index in [1.807, 2.05) is 18.2 Å². The summed E-state index contributed by atoms with van der Waals surface area (Å²) in [5, 5.41) is 4.45. The molecule has 2 aromatic carbocycles. The summed E-state index contributed by atoms with van der Waals surface area (Å²) in [5.74, 6) is 0.282. The zero-order valence-electron chi connectivity index (χ0n) is 17.6. The topological polar surface area (TPSA) is 32.3 Å². The first-order valence-electron chi connectivity index (χ1n) is 11.1. The van der Waals surface area contributed by atoms with Gasteiger partial charge in [0, 0.05) is 12.5 Å². The molecule has 1 aliphatic carbocycles. The third-order valence-corrected chi connectivity index (χ3v) is 7.32. The van der Waals surface area contributed by atoms with E-state index in [1.54, 1.807) is 0 Å². The second-order valence-electron chi connectivity index (χ2n) is 8.76. The van der Waals surface area contributed by atoms with Gasteiger partial charge in [-0.25, -0.2) is 0 Å². The largest absolute Gasteiger partial charge is 0.349 e. The Morgan fingerprint density at radius 1 is 1.03 bits per heavy atom. The molecule has 30 heavy (non-hydrogen) atoms. The van der Waals surface area contributed by atoms with Crippen LogP contribution in [0.25, 0.3) is 0 Å². The van der Waals surface area contributed by atoms with Crippen molar-refractivity contribution in [3.8, 4) is 0 Å². The Balaban J connectivity index is 1.28. The summed E-state index contributed by atoms with van der Waals surface area (Å²) in [5.41, 5.74) is 5.34. The number of carbonyl (C=O) groups is 1. The van der Waals surface area contributed by atoms with Crippen molar-refractivity contribution in [1.82, 2.24) is 10.2 Å². The predicted molar refractivity (Wildman–Crippen MR) is 124 cm³/mol. The highest BCUT2D eigenvalue weighted by atomic mass is 35.5. The number of piperidine rings is 1. The average molecular weight is 445 g/mol. The molecule has 160 valence electrons. The smallest absolute Gasteiger partial charge is 0.223 e. The number of nitrogens with zero attached hydrogens (tertiary/aromatic N) is 1. The summed E-state index contributed by atoms with van der Waals surface area (Å²) in [6, 6.07) is 12.6. The van der Waals surface area contributed by atoms with Gasteiger partial charge in [0.05, 0.1) is 16.1 Å². The maximum Gasteiger partial charge on any atom is 0.223 e. The lowest BCUT2D eigenvalue weighted by molar-refractivity contribution is -0.127. The molecule has 3 nitrogen and oxygen atoms in total. The molecule has 0 spiro atoms. The van der Waals surface area contributed by atoms with E-state index in [1.165, 1.54) is 42.4 Å². The number of fused-ring (bicyclic) bond motifs is 1. The molecule has 1 atom stereocenters. The number of nitrogens with one attached hydrogen (secondary N) is 1. The van der Waals surface area contributed by atoms with E-state index >= 15 is 0 Å². The highest BCUT2D eigenvalue weighted by Crippen LogP contribution is 2.27. The number of amides is 1. The number of aryl methyl sites for hydroxylation is 2. The van der Waals surface area contributed by atoms with Crippen LogP contribution in [0, 0.1) is 5.92 Å². The number of hydrogen-bond acceptors (Lipinski definition) is 2. The van der Waals surface area contributed by atoms with Crippen molar-refractivity contribution < 1.29 is 4.79 Å². The van der Waals surface area contributed by atoms with Crippen LogP contribution in [-0.2, 0) is 24.2 Å². The Morgan fingerprint density at radius 2 is 1.77 bits per heavy atom. The quantitative estimate of drug-likeness (QED) is 0.616. The van der Waals surface area contributed by atoms with Crippen LogP contribution in [0.15, 0.2) is 36.4 Å². The zero-order valence-corrected chi connectivity index (χ0v) is 19.1. The molecule has 1 heterocycles. The lowest BCUT2D eigenvalue weighted by atomic mass is 9.89.